The molecular weight excluding hydrogens is 475 g/mol. The van der Waals surface area contributed by atoms with E-state index < -0.39 is 6.10 Å². The molecule has 0 saturated heterocycles. The first-order chi connectivity index (χ1) is 17.9. The van der Waals surface area contributed by atoms with E-state index in [1.54, 1.807) is 12.3 Å². The standard InChI is InChI=1S/C29H27FN2O5/c1-16-10-23-17(14-31-32(23)2)11-26(16)37-24-9-7-22(30)29-21(24)6-8-25(29)36-19-4-5-20-18(12-28(33)34-3)15-35-27(20)13-19/h4-5,7,9-11,13-14,18,25H,6,8,12,15H2,1-3H3/t18-,25-/m1/s1. The van der Waals surface area contributed by atoms with Gasteiger partial charge in [-0.25, -0.2) is 4.39 Å². The minimum absolute atomic E-state index is 0.0461. The van der Waals surface area contributed by atoms with Crippen molar-refractivity contribution in [1.29, 1.82) is 0 Å². The van der Waals surface area contributed by atoms with Crippen molar-refractivity contribution in [3.05, 3.63) is 76.7 Å². The molecule has 2 atom stereocenters. The van der Waals surface area contributed by atoms with Crippen LogP contribution in [0.5, 0.6) is 23.0 Å². The Morgan fingerprint density at radius 1 is 1.19 bits per heavy atom. The summed E-state index contributed by atoms with van der Waals surface area (Å²) >= 11 is 0. The van der Waals surface area contributed by atoms with Crippen LogP contribution in [0.2, 0.25) is 0 Å². The van der Waals surface area contributed by atoms with Gasteiger partial charge in [0.05, 0.1) is 31.9 Å². The highest BCUT2D eigenvalue weighted by Crippen LogP contribution is 2.45. The molecular formula is C29H27FN2O5. The molecule has 0 amide bonds. The number of carbonyl (C=O) groups is 1. The Morgan fingerprint density at radius 2 is 2.05 bits per heavy atom. The highest BCUT2D eigenvalue weighted by Gasteiger charge is 2.32. The highest BCUT2D eigenvalue weighted by atomic mass is 19.1. The molecule has 0 N–H and O–H groups in total. The minimum Gasteiger partial charge on any atom is -0.492 e. The van der Waals surface area contributed by atoms with Crippen LogP contribution in [0, 0.1) is 12.7 Å². The van der Waals surface area contributed by atoms with Crippen LogP contribution in [-0.2, 0) is 23.0 Å². The second-order valence-electron chi connectivity index (χ2n) is 9.62. The van der Waals surface area contributed by atoms with Crippen molar-refractivity contribution >= 4 is 16.9 Å². The smallest absolute Gasteiger partial charge is 0.306 e. The molecule has 0 unspecified atom stereocenters. The summed E-state index contributed by atoms with van der Waals surface area (Å²) in [7, 11) is 3.29. The van der Waals surface area contributed by atoms with Gasteiger partial charge in [-0.2, -0.15) is 5.10 Å². The van der Waals surface area contributed by atoms with Gasteiger partial charge in [-0.05, 0) is 55.7 Å². The molecule has 1 aliphatic carbocycles. The predicted octanol–water partition coefficient (Wildman–Crippen LogP) is 5.92. The third kappa shape index (κ3) is 4.16. The van der Waals surface area contributed by atoms with Crippen LogP contribution in [0.4, 0.5) is 4.39 Å². The Bertz CT molecular complexity index is 1530. The van der Waals surface area contributed by atoms with E-state index in [0.717, 1.165) is 33.3 Å². The van der Waals surface area contributed by atoms with Gasteiger partial charge < -0.3 is 18.9 Å². The van der Waals surface area contributed by atoms with Gasteiger partial charge in [0.2, 0.25) is 0 Å². The van der Waals surface area contributed by atoms with Crippen molar-refractivity contribution in [2.75, 3.05) is 13.7 Å². The van der Waals surface area contributed by atoms with E-state index in [-0.39, 0.29) is 24.1 Å². The molecule has 1 aliphatic heterocycles. The summed E-state index contributed by atoms with van der Waals surface area (Å²) in [6.07, 6.45) is 2.91. The average Bonchev–Trinajstić information content (AvgIpc) is 3.59. The first kappa shape index (κ1) is 23.3. The van der Waals surface area contributed by atoms with Gasteiger partial charge in [-0.1, -0.05) is 6.07 Å². The lowest BCUT2D eigenvalue weighted by Gasteiger charge is -2.18. The number of hydrogen-bond acceptors (Lipinski definition) is 6. The molecule has 3 aromatic carbocycles. The highest BCUT2D eigenvalue weighted by molar-refractivity contribution is 5.81. The topological polar surface area (TPSA) is 71.8 Å². The van der Waals surface area contributed by atoms with Gasteiger partial charge in [-0.3, -0.25) is 9.48 Å². The third-order valence-electron chi connectivity index (χ3n) is 7.29. The van der Waals surface area contributed by atoms with Crippen LogP contribution in [0.25, 0.3) is 10.9 Å². The SMILES string of the molecule is COC(=O)C[C@@H]1COc2cc(O[C@@H]3CCc4c(Oc5cc6cnn(C)c6cc5C)ccc(F)c43)ccc21. The molecule has 6 rings (SSSR count). The molecule has 37 heavy (non-hydrogen) atoms. The molecule has 0 radical (unpaired) electrons. The summed E-state index contributed by atoms with van der Waals surface area (Å²) in [6.45, 7) is 2.41. The van der Waals surface area contributed by atoms with Gasteiger partial charge in [0.1, 0.15) is 34.9 Å². The number of aryl methyl sites for hydroxylation is 2. The first-order valence-corrected chi connectivity index (χ1v) is 12.3. The molecule has 8 heteroatoms. The normalized spacial score (nSPS) is 17.8. The van der Waals surface area contributed by atoms with Crippen LogP contribution in [0.1, 0.15) is 47.1 Å². The van der Waals surface area contributed by atoms with Gasteiger partial charge in [-0.15, -0.1) is 0 Å². The van der Waals surface area contributed by atoms with Crippen molar-refractivity contribution in [2.45, 2.75) is 38.2 Å². The number of benzene rings is 3. The molecule has 7 nitrogen and oxygen atoms in total. The van der Waals surface area contributed by atoms with Crippen LogP contribution in [-0.4, -0.2) is 29.5 Å². The number of ether oxygens (including phenoxy) is 4. The second kappa shape index (κ2) is 9.10. The van der Waals surface area contributed by atoms with E-state index in [2.05, 4.69) is 5.10 Å². The number of rotatable bonds is 6. The van der Waals surface area contributed by atoms with Gasteiger partial charge in [0.25, 0.3) is 0 Å². The molecule has 2 aliphatic rings. The van der Waals surface area contributed by atoms with Gasteiger partial charge >= 0.3 is 5.97 Å². The quantitative estimate of drug-likeness (QED) is 0.305. The summed E-state index contributed by atoms with van der Waals surface area (Å²) in [6, 6.07) is 12.7. The molecule has 4 aromatic rings. The molecule has 0 spiro atoms. The monoisotopic (exact) mass is 502 g/mol. The van der Waals surface area contributed by atoms with E-state index in [0.29, 0.717) is 42.3 Å². The molecule has 190 valence electrons. The summed E-state index contributed by atoms with van der Waals surface area (Å²) in [5, 5.41) is 5.29. The Morgan fingerprint density at radius 3 is 2.89 bits per heavy atom. The molecule has 1 aromatic heterocycles. The van der Waals surface area contributed by atoms with E-state index in [4.69, 9.17) is 18.9 Å². The zero-order valence-corrected chi connectivity index (χ0v) is 20.9. The number of aromatic nitrogens is 2. The Balaban J connectivity index is 1.24. The minimum atomic E-state index is -0.439. The van der Waals surface area contributed by atoms with Gasteiger partial charge in [0.15, 0.2) is 0 Å². The van der Waals surface area contributed by atoms with Crippen molar-refractivity contribution < 1.29 is 28.1 Å². The molecule has 0 fully saturated rings. The maximum atomic E-state index is 15.1. The van der Waals surface area contributed by atoms with E-state index in [9.17, 15) is 4.79 Å². The number of esters is 1. The van der Waals surface area contributed by atoms with Crippen LogP contribution in [0.15, 0.2) is 48.7 Å². The maximum Gasteiger partial charge on any atom is 0.306 e. The maximum absolute atomic E-state index is 15.1. The second-order valence-corrected chi connectivity index (χ2v) is 9.62. The number of carbonyl (C=O) groups excluding carboxylic acids is 1. The predicted molar refractivity (Wildman–Crippen MR) is 135 cm³/mol. The third-order valence-corrected chi connectivity index (χ3v) is 7.29. The lowest BCUT2D eigenvalue weighted by atomic mass is 9.98. The lowest BCUT2D eigenvalue weighted by molar-refractivity contribution is -0.141. The van der Waals surface area contributed by atoms with Crippen LogP contribution < -0.4 is 14.2 Å². The summed E-state index contributed by atoms with van der Waals surface area (Å²) in [5.41, 5.74) is 4.31. The van der Waals surface area contributed by atoms with E-state index in [1.807, 2.05) is 49.0 Å². The van der Waals surface area contributed by atoms with Crippen LogP contribution >= 0.6 is 0 Å². The number of hydrogen-bond donors (Lipinski definition) is 0. The zero-order valence-electron chi connectivity index (χ0n) is 20.9. The van der Waals surface area contributed by atoms with E-state index in [1.165, 1.54) is 13.2 Å². The summed E-state index contributed by atoms with van der Waals surface area (Å²) in [4.78, 5) is 11.7. The van der Waals surface area contributed by atoms with Crippen LogP contribution in [0.3, 0.4) is 0 Å². The van der Waals surface area contributed by atoms with Crippen molar-refractivity contribution in [1.82, 2.24) is 9.78 Å². The molecule has 0 bridgehead atoms. The van der Waals surface area contributed by atoms with Gasteiger partial charge in [0, 0.05) is 41.1 Å². The van der Waals surface area contributed by atoms with Crippen molar-refractivity contribution in [2.24, 2.45) is 7.05 Å². The lowest BCUT2D eigenvalue weighted by Crippen LogP contribution is -2.09. The van der Waals surface area contributed by atoms with Crippen molar-refractivity contribution in [3.63, 3.8) is 0 Å². The largest absolute Gasteiger partial charge is 0.492 e. The number of fused-ring (bicyclic) bond motifs is 3. The molecule has 0 saturated carbocycles. The fourth-order valence-electron chi connectivity index (χ4n) is 5.32. The Labute approximate surface area is 213 Å². The molecule has 2 heterocycles. The fraction of sp³-hybridized carbons (Fsp3) is 0.310. The number of halogens is 1. The first-order valence-electron chi connectivity index (χ1n) is 12.3. The van der Waals surface area contributed by atoms with Crippen molar-refractivity contribution in [3.8, 4) is 23.0 Å². The van der Waals surface area contributed by atoms with E-state index >= 15 is 4.39 Å². The Hall–Kier alpha value is -4.07. The summed E-state index contributed by atoms with van der Waals surface area (Å²) in [5.74, 6) is 2.01. The number of methoxy groups -OCH3 is 1. The fourth-order valence-corrected chi connectivity index (χ4v) is 5.32. The zero-order chi connectivity index (χ0) is 25.7. The summed E-state index contributed by atoms with van der Waals surface area (Å²) < 4.78 is 40.0. The average molecular weight is 503 g/mol. The number of nitrogens with zero attached hydrogens (tertiary/aromatic N) is 2. The Kier molecular flexibility index (Phi) is 5.74.